The molecular weight excluding hydrogens is 679 g/mol. The van der Waals surface area contributed by atoms with Crippen LogP contribution in [0.1, 0.15) is 68.7 Å². The van der Waals surface area contributed by atoms with E-state index in [1.165, 1.54) is 37.1 Å². The summed E-state index contributed by atoms with van der Waals surface area (Å²) >= 11 is 0. The van der Waals surface area contributed by atoms with Crippen LogP contribution in [0.4, 0.5) is 4.79 Å². The number of carbonyl (C=O) groups is 2. The number of rotatable bonds is 7. The molecule has 10 rings (SSSR count). The number of amides is 2. The number of nitrogens with zero attached hydrogens (tertiary/aromatic N) is 3. The summed E-state index contributed by atoms with van der Waals surface area (Å²) < 4.78 is 10.4. The number of nitrogens with one attached hydrogen (secondary N) is 4. The number of aromatic nitrogens is 4. The minimum Gasteiger partial charge on any atom is -0.453 e. The predicted molar refractivity (Wildman–Crippen MR) is 208 cm³/mol. The molecule has 1 aliphatic carbocycles. The maximum absolute atomic E-state index is 14.1. The van der Waals surface area contributed by atoms with Crippen molar-refractivity contribution in [2.45, 2.75) is 69.1 Å². The average molecular weight is 724 g/mol. The molecule has 4 fully saturated rings. The van der Waals surface area contributed by atoms with Gasteiger partial charge in [-0.2, -0.15) is 0 Å². The van der Waals surface area contributed by atoms with Crippen LogP contribution in [0.3, 0.4) is 0 Å². The normalized spacial score (nSPS) is 23.5. The Morgan fingerprint density at radius 1 is 0.870 bits per heavy atom. The van der Waals surface area contributed by atoms with Gasteiger partial charge in [0, 0.05) is 36.8 Å². The Labute approximate surface area is 313 Å². The van der Waals surface area contributed by atoms with Crippen molar-refractivity contribution in [3.8, 4) is 22.4 Å². The number of aromatic amines is 2. The second-order valence-corrected chi connectivity index (χ2v) is 15.6. The summed E-state index contributed by atoms with van der Waals surface area (Å²) in [4.78, 5) is 45.3. The number of likely N-dealkylation sites (tertiary alicyclic amines) is 1. The fraction of sp³-hybridized carbons (Fsp3) is 0.395. The van der Waals surface area contributed by atoms with Crippen molar-refractivity contribution in [2.75, 3.05) is 26.9 Å². The van der Waals surface area contributed by atoms with E-state index in [-0.39, 0.29) is 17.9 Å². The molecule has 4 N–H and O–H groups in total. The van der Waals surface area contributed by atoms with Gasteiger partial charge in [-0.3, -0.25) is 4.79 Å². The third-order valence-corrected chi connectivity index (χ3v) is 12.5. The molecule has 0 radical (unpaired) electrons. The van der Waals surface area contributed by atoms with Crippen molar-refractivity contribution in [1.29, 1.82) is 0 Å². The Bertz CT molecular complexity index is 2400. The van der Waals surface area contributed by atoms with Gasteiger partial charge in [-0.25, -0.2) is 14.8 Å². The zero-order chi connectivity index (χ0) is 36.3. The molecular formula is C43H45N7O4. The van der Waals surface area contributed by atoms with Gasteiger partial charge in [0.2, 0.25) is 5.91 Å². The number of hydrogen-bond donors (Lipinski definition) is 4. The third kappa shape index (κ3) is 5.90. The lowest BCUT2D eigenvalue weighted by molar-refractivity contribution is -0.136. The fourth-order valence-electron chi connectivity index (χ4n) is 9.67. The first-order valence-corrected chi connectivity index (χ1v) is 19.5. The van der Waals surface area contributed by atoms with Gasteiger partial charge in [-0.1, -0.05) is 42.5 Å². The molecule has 2 aromatic heterocycles. The van der Waals surface area contributed by atoms with E-state index in [2.05, 4.69) is 87.3 Å². The summed E-state index contributed by atoms with van der Waals surface area (Å²) in [6.45, 7) is 1.77. The molecule has 11 nitrogen and oxygen atoms in total. The Hall–Kier alpha value is -5.26. The molecule has 276 valence electrons. The SMILES string of the molecule is COC(=O)N[C@H](C(=O)N1CCCC1c1nc2c(ccc3cc(-c4ccc5cc(-c6cnc([C@H]7N[C@@H]8CC[C@H]7C8)[nH]6)ccc5c4)ccc32)[nH]1)C1CCOCC1. The lowest BCUT2D eigenvalue weighted by atomic mass is 9.90. The molecule has 0 spiro atoms. The third-order valence-electron chi connectivity index (χ3n) is 12.5. The van der Waals surface area contributed by atoms with Gasteiger partial charge in [0.15, 0.2) is 0 Å². The van der Waals surface area contributed by atoms with Crippen LogP contribution in [-0.2, 0) is 14.3 Å². The zero-order valence-corrected chi connectivity index (χ0v) is 30.4. The molecule has 2 bridgehead atoms. The summed E-state index contributed by atoms with van der Waals surface area (Å²) in [6.07, 6.45) is 8.33. The molecule has 54 heavy (non-hydrogen) atoms. The highest BCUT2D eigenvalue weighted by atomic mass is 16.5. The van der Waals surface area contributed by atoms with Crippen LogP contribution in [0.15, 0.2) is 72.9 Å². The number of hydrogen-bond acceptors (Lipinski definition) is 7. The van der Waals surface area contributed by atoms with E-state index in [1.807, 2.05) is 11.1 Å². The van der Waals surface area contributed by atoms with Crippen molar-refractivity contribution in [1.82, 2.24) is 35.5 Å². The van der Waals surface area contributed by atoms with E-state index >= 15 is 0 Å². The van der Waals surface area contributed by atoms with E-state index in [0.29, 0.717) is 50.6 Å². The monoisotopic (exact) mass is 723 g/mol. The Morgan fingerprint density at radius 2 is 1.63 bits per heavy atom. The van der Waals surface area contributed by atoms with Crippen LogP contribution in [-0.4, -0.2) is 75.8 Å². The highest BCUT2D eigenvalue weighted by Gasteiger charge is 2.42. The summed E-state index contributed by atoms with van der Waals surface area (Å²) in [5.74, 6) is 2.44. The Balaban J connectivity index is 0.894. The summed E-state index contributed by atoms with van der Waals surface area (Å²) in [5.41, 5.74) is 6.34. The molecule has 6 aromatic rings. The van der Waals surface area contributed by atoms with Crippen LogP contribution >= 0.6 is 0 Å². The topological polar surface area (TPSA) is 137 Å². The molecule has 1 saturated carbocycles. The highest BCUT2D eigenvalue weighted by molar-refractivity contribution is 6.05. The number of ether oxygens (including phenoxy) is 2. The molecule has 1 unspecified atom stereocenters. The zero-order valence-electron chi connectivity index (χ0n) is 30.4. The van der Waals surface area contributed by atoms with Crippen molar-refractivity contribution in [3.05, 3.63) is 84.6 Å². The van der Waals surface area contributed by atoms with Crippen molar-refractivity contribution < 1.29 is 19.1 Å². The second kappa shape index (κ2) is 13.5. The molecule has 3 aliphatic heterocycles. The predicted octanol–water partition coefficient (Wildman–Crippen LogP) is 7.55. The van der Waals surface area contributed by atoms with E-state index in [1.54, 1.807) is 0 Å². The van der Waals surface area contributed by atoms with Crippen LogP contribution in [0, 0.1) is 11.8 Å². The van der Waals surface area contributed by atoms with Gasteiger partial charge in [-0.05, 0) is 108 Å². The van der Waals surface area contributed by atoms with Gasteiger partial charge in [-0.15, -0.1) is 0 Å². The van der Waals surface area contributed by atoms with Crippen molar-refractivity contribution in [2.24, 2.45) is 11.8 Å². The number of benzene rings is 4. The summed E-state index contributed by atoms with van der Waals surface area (Å²) in [6, 6.07) is 24.2. The molecule has 5 heterocycles. The highest BCUT2D eigenvalue weighted by Crippen LogP contribution is 2.43. The smallest absolute Gasteiger partial charge is 0.407 e. The first-order chi connectivity index (χ1) is 26.5. The van der Waals surface area contributed by atoms with E-state index < -0.39 is 12.1 Å². The van der Waals surface area contributed by atoms with E-state index in [0.717, 1.165) is 68.7 Å². The quantitative estimate of drug-likeness (QED) is 0.134. The fourth-order valence-corrected chi connectivity index (χ4v) is 9.67. The van der Waals surface area contributed by atoms with Crippen LogP contribution < -0.4 is 10.6 Å². The van der Waals surface area contributed by atoms with Gasteiger partial charge < -0.3 is 35.0 Å². The van der Waals surface area contributed by atoms with E-state index in [9.17, 15) is 9.59 Å². The lowest BCUT2D eigenvalue weighted by Crippen LogP contribution is -2.53. The number of methoxy groups -OCH3 is 1. The van der Waals surface area contributed by atoms with Crippen molar-refractivity contribution in [3.63, 3.8) is 0 Å². The van der Waals surface area contributed by atoms with Crippen LogP contribution in [0.5, 0.6) is 0 Å². The Kier molecular flexibility index (Phi) is 8.36. The summed E-state index contributed by atoms with van der Waals surface area (Å²) in [7, 11) is 1.33. The van der Waals surface area contributed by atoms with Gasteiger partial charge in [0.25, 0.3) is 0 Å². The number of fused-ring (bicyclic) bond motifs is 6. The Morgan fingerprint density at radius 3 is 2.41 bits per heavy atom. The number of piperidine rings is 1. The standard InChI is InChI=1S/C43H45N7O4/c1-53-43(52)49-38(24-14-17-54-18-15-24)42(51)50-16-2-3-36(50)40-46-34-13-10-29-20-28(9-12-33(29)39(34)48-40)25-4-5-27-21-30(7-6-26(27)19-25)35-23-44-41(47-35)37-31-8-11-32(22-31)45-37/h4-7,9-10,12-13,19-21,23-24,31-32,36-38,45H,2-3,8,11,14-18,22H2,1H3,(H,44,47)(H,46,48)(H,49,52)/t31-,32+,36?,37-,38-/m0/s1. The first-order valence-electron chi connectivity index (χ1n) is 19.5. The molecule has 2 amide bonds. The maximum Gasteiger partial charge on any atom is 0.407 e. The molecule has 5 atom stereocenters. The number of carbonyl (C=O) groups excluding carboxylic acids is 2. The first kappa shape index (κ1) is 33.3. The van der Waals surface area contributed by atoms with Gasteiger partial charge in [0.05, 0.1) is 42.1 Å². The summed E-state index contributed by atoms with van der Waals surface area (Å²) in [5, 5.41) is 11.1. The second-order valence-electron chi connectivity index (χ2n) is 15.6. The van der Waals surface area contributed by atoms with Crippen LogP contribution in [0.25, 0.3) is 55.0 Å². The average Bonchev–Trinajstić information content (AvgIpc) is 4.07. The lowest BCUT2D eigenvalue weighted by Gasteiger charge is -2.34. The molecule has 4 aliphatic rings. The number of alkyl carbamates (subject to hydrolysis) is 1. The minimum absolute atomic E-state index is 0.00927. The van der Waals surface area contributed by atoms with E-state index in [4.69, 9.17) is 19.4 Å². The molecule has 11 heteroatoms. The number of H-pyrrole nitrogens is 2. The molecule has 3 saturated heterocycles. The number of imidazole rings is 2. The molecule has 4 aromatic carbocycles. The van der Waals surface area contributed by atoms with Gasteiger partial charge in [0.1, 0.15) is 17.7 Å². The van der Waals surface area contributed by atoms with Crippen LogP contribution in [0.2, 0.25) is 0 Å². The largest absolute Gasteiger partial charge is 0.453 e. The van der Waals surface area contributed by atoms with Crippen molar-refractivity contribution >= 4 is 44.6 Å². The minimum atomic E-state index is -0.665. The van der Waals surface area contributed by atoms with Gasteiger partial charge >= 0.3 is 6.09 Å². The maximum atomic E-state index is 14.1.